The molecule has 1 aromatic carbocycles. The number of carbonyl (C=O) groups is 1. The molecule has 3 aromatic rings. The van der Waals surface area contributed by atoms with Crippen molar-refractivity contribution in [1.29, 1.82) is 0 Å². The lowest BCUT2D eigenvalue weighted by Crippen LogP contribution is -2.41. The van der Waals surface area contributed by atoms with E-state index >= 15 is 0 Å². The van der Waals surface area contributed by atoms with Crippen molar-refractivity contribution in [3.8, 4) is 5.75 Å². The van der Waals surface area contributed by atoms with Crippen LogP contribution in [0.15, 0.2) is 29.1 Å². The van der Waals surface area contributed by atoms with Gasteiger partial charge in [-0.3, -0.25) is 9.59 Å². The van der Waals surface area contributed by atoms with E-state index in [-0.39, 0.29) is 34.6 Å². The van der Waals surface area contributed by atoms with Crippen LogP contribution in [0.5, 0.6) is 5.75 Å². The smallest absolute Gasteiger partial charge is 0.280 e. The minimum atomic E-state index is -3.54. The van der Waals surface area contributed by atoms with Crippen molar-refractivity contribution in [2.24, 2.45) is 0 Å². The van der Waals surface area contributed by atoms with Gasteiger partial charge in [0.1, 0.15) is 16.9 Å². The number of nitrogens with zero attached hydrogens (tertiary/aromatic N) is 5. The summed E-state index contributed by atoms with van der Waals surface area (Å²) in [5.41, 5.74) is 0.529. The summed E-state index contributed by atoms with van der Waals surface area (Å²) in [6.45, 7) is 2.68. The molecule has 0 radical (unpaired) electrons. The molecule has 186 valence electrons. The van der Waals surface area contributed by atoms with Crippen LogP contribution in [-0.4, -0.2) is 68.9 Å². The van der Waals surface area contributed by atoms with E-state index in [4.69, 9.17) is 0 Å². The Bertz CT molecular complexity index is 1500. The van der Waals surface area contributed by atoms with Gasteiger partial charge in [0.05, 0.1) is 23.9 Å². The Morgan fingerprint density at radius 1 is 1.11 bits per heavy atom. The number of aromatic hydroxyl groups is 1. The maximum absolute atomic E-state index is 13.5. The maximum atomic E-state index is 13.5. The highest BCUT2D eigenvalue weighted by Gasteiger charge is 2.37. The second-order valence-electron chi connectivity index (χ2n) is 9.08. The van der Waals surface area contributed by atoms with Gasteiger partial charge in [-0.15, -0.1) is 0 Å². The summed E-state index contributed by atoms with van der Waals surface area (Å²) in [5.74, 6) is -1.27. The highest BCUT2D eigenvalue weighted by molar-refractivity contribution is 7.89. The molecule has 1 unspecified atom stereocenters. The lowest BCUT2D eigenvalue weighted by molar-refractivity contribution is 0.0747. The van der Waals surface area contributed by atoms with Crippen LogP contribution >= 0.6 is 0 Å². The third-order valence-corrected chi connectivity index (χ3v) is 8.84. The van der Waals surface area contributed by atoms with Crippen LogP contribution in [0.3, 0.4) is 0 Å². The first kappa shape index (κ1) is 23.5. The van der Waals surface area contributed by atoms with Crippen LogP contribution in [0.25, 0.3) is 10.9 Å². The summed E-state index contributed by atoms with van der Waals surface area (Å²) in [6.07, 6.45) is 1.27. The molecule has 0 saturated carbocycles. The molecule has 5 rings (SSSR count). The summed E-state index contributed by atoms with van der Waals surface area (Å²) < 4.78 is 43.2. The van der Waals surface area contributed by atoms with Crippen molar-refractivity contribution >= 4 is 26.8 Å². The molecule has 2 aromatic heterocycles. The Kier molecular flexibility index (Phi) is 5.67. The normalized spacial score (nSPS) is 19.2. The van der Waals surface area contributed by atoms with Gasteiger partial charge in [0.25, 0.3) is 11.5 Å². The zero-order chi connectivity index (χ0) is 25.1. The van der Waals surface area contributed by atoms with Crippen molar-refractivity contribution in [1.82, 2.24) is 23.6 Å². The van der Waals surface area contributed by atoms with Crippen molar-refractivity contribution in [3.63, 3.8) is 0 Å². The van der Waals surface area contributed by atoms with Gasteiger partial charge >= 0.3 is 0 Å². The summed E-state index contributed by atoms with van der Waals surface area (Å²) in [7, 11) is -1.93. The van der Waals surface area contributed by atoms with E-state index in [1.165, 1.54) is 33.5 Å². The molecule has 1 fully saturated rings. The van der Waals surface area contributed by atoms with Crippen molar-refractivity contribution in [2.75, 3.05) is 25.9 Å². The van der Waals surface area contributed by atoms with Gasteiger partial charge in [0.15, 0.2) is 11.4 Å². The third-order valence-electron chi connectivity index (χ3n) is 6.83. The van der Waals surface area contributed by atoms with Gasteiger partial charge in [-0.2, -0.15) is 9.40 Å². The van der Waals surface area contributed by atoms with E-state index < -0.39 is 39.1 Å². The molecule has 12 heteroatoms. The SMILES string of the molecule is CC(c1nn(Cc2ccc(F)cc2)c(=O)c2c(O)c3n(c12)CCN(C)C3=O)N1CCCCS1(=O)=O. The van der Waals surface area contributed by atoms with E-state index in [1.807, 2.05) is 0 Å². The molecule has 1 amide bonds. The predicted molar refractivity (Wildman–Crippen MR) is 126 cm³/mol. The quantitative estimate of drug-likeness (QED) is 0.579. The molecule has 0 aliphatic carbocycles. The van der Waals surface area contributed by atoms with E-state index in [1.54, 1.807) is 18.5 Å². The van der Waals surface area contributed by atoms with Crippen LogP contribution in [0, 0.1) is 5.82 Å². The number of aromatic nitrogens is 3. The Morgan fingerprint density at radius 2 is 1.83 bits per heavy atom. The third kappa shape index (κ3) is 3.80. The van der Waals surface area contributed by atoms with E-state index in [0.717, 1.165) is 4.68 Å². The molecule has 1 N–H and O–H groups in total. The molecule has 2 aliphatic rings. The Hall–Kier alpha value is -3.25. The number of halogens is 1. The second kappa shape index (κ2) is 8.45. The van der Waals surface area contributed by atoms with Gasteiger partial charge in [-0.25, -0.2) is 17.5 Å². The summed E-state index contributed by atoms with van der Waals surface area (Å²) in [5, 5.41) is 15.6. The van der Waals surface area contributed by atoms with Crippen LogP contribution in [-0.2, 0) is 23.1 Å². The van der Waals surface area contributed by atoms with E-state index in [2.05, 4.69) is 5.10 Å². The second-order valence-corrected chi connectivity index (χ2v) is 11.1. The van der Waals surface area contributed by atoms with Crippen molar-refractivity contribution in [3.05, 3.63) is 57.4 Å². The highest BCUT2D eigenvalue weighted by Crippen LogP contribution is 2.37. The molecule has 2 aliphatic heterocycles. The Labute approximate surface area is 201 Å². The van der Waals surface area contributed by atoms with Crippen LogP contribution in [0.2, 0.25) is 0 Å². The number of benzene rings is 1. The summed E-state index contributed by atoms with van der Waals surface area (Å²) in [4.78, 5) is 27.8. The minimum Gasteiger partial charge on any atom is -0.505 e. The zero-order valence-corrected chi connectivity index (χ0v) is 20.3. The largest absolute Gasteiger partial charge is 0.505 e. The molecular formula is C23H26FN5O5S. The number of rotatable bonds is 4. The fraction of sp³-hybridized carbons (Fsp3) is 0.435. The van der Waals surface area contributed by atoms with Gasteiger partial charge in [0.2, 0.25) is 10.0 Å². The van der Waals surface area contributed by atoms with Gasteiger partial charge in [-0.05, 0) is 37.5 Å². The molecule has 0 spiro atoms. The van der Waals surface area contributed by atoms with Gasteiger partial charge in [0, 0.05) is 26.7 Å². The highest BCUT2D eigenvalue weighted by atomic mass is 32.2. The number of likely N-dealkylation sites (N-methyl/N-ethyl adjacent to an activating group) is 1. The Morgan fingerprint density at radius 3 is 2.51 bits per heavy atom. The number of sulfonamides is 1. The van der Waals surface area contributed by atoms with Crippen LogP contribution in [0.4, 0.5) is 4.39 Å². The molecule has 1 atom stereocenters. The van der Waals surface area contributed by atoms with Crippen LogP contribution < -0.4 is 5.56 Å². The van der Waals surface area contributed by atoms with Gasteiger partial charge < -0.3 is 14.6 Å². The standard InChI is InChI=1S/C23H26FN5O5S/c1-14(29-9-3-4-12-35(29,33)34)18-19-17(21(30)20-23(32)26(2)10-11-27(19)20)22(31)28(25-18)13-15-5-7-16(24)8-6-15/h5-8,14,30H,3-4,9-13H2,1-2H3. The van der Waals surface area contributed by atoms with Crippen LogP contribution in [0.1, 0.15) is 47.6 Å². The van der Waals surface area contributed by atoms with E-state index in [0.29, 0.717) is 38.0 Å². The number of fused-ring (bicyclic) bond motifs is 3. The molecule has 4 heterocycles. The van der Waals surface area contributed by atoms with E-state index in [9.17, 15) is 27.5 Å². The summed E-state index contributed by atoms with van der Waals surface area (Å²) >= 11 is 0. The summed E-state index contributed by atoms with van der Waals surface area (Å²) in [6, 6.07) is 4.85. The first-order valence-corrected chi connectivity index (χ1v) is 13.1. The minimum absolute atomic E-state index is 0.0119. The predicted octanol–water partition coefficient (Wildman–Crippen LogP) is 1.66. The molecule has 35 heavy (non-hydrogen) atoms. The number of hydrogen-bond acceptors (Lipinski definition) is 6. The Balaban J connectivity index is 1.76. The van der Waals surface area contributed by atoms with Crippen molar-refractivity contribution in [2.45, 2.75) is 38.9 Å². The number of carbonyl (C=O) groups excluding carboxylic acids is 1. The zero-order valence-electron chi connectivity index (χ0n) is 19.4. The first-order chi connectivity index (χ1) is 16.6. The fourth-order valence-corrected chi connectivity index (χ4v) is 6.72. The van der Waals surface area contributed by atoms with Gasteiger partial charge in [-0.1, -0.05) is 12.1 Å². The molecule has 10 nitrogen and oxygen atoms in total. The maximum Gasteiger partial charge on any atom is 0.280 e. The average Bonchev–Trinajstić information content (AvgIpc) is 3.12. The topological polar surface area (TPSA) is 118 Å². The monoisotopic (exact) mass is 503 g/mol. The van der Waals surface area contributed by atoms with Crippen molar-refractivity contribution < 1.29 is 22.7 Å². The number of hydrogen-bond donors (Lipinski definition) is 1. The lowest BCUT2D eigenvalue weighted by Gasteiger charge is -2.32. The number of amides is 1. The first-order valence-electron chi connectivity index (χ1n) is 11.5. The molecular weight excluding hydrogens is 477 g/mol. The fourth-order valence-electron chi connectivity index (χ4n) is 4.93. The molecule has 1 saturated heterocycles. The lowest BCUT2D eigenvalue weighted by atomic mass is 10.1. The average molecular weight is 504 g/mol. The molecule has 0 bridgehead atoms.